The van der Waals surface area contributed by atoms with Crippen LogP contribution in [0.1, 0.15) is 6.04 Å². The predicted molar refractivity (Wildman–Crippen MR) is 50.9 cm³/mol. The summed E-state index contributed by atoms with van der Waals surface area (Å²) in [4.78, 5) is 56.6. The van der Waals surface area contributed by atoms with Gasteiger partial charge < -0.3 is 10.2 Å². The molecule has 1 rings (SSSR count). The largest absolute Gasteiger partial charge is 0.479 e. The van der Waals surface area contributed by atoms with Gasteiger partial charge in [0.1, 0.15) is 0 Å². The highest BCUT2D eigenvalue weighted by molar-refractivity contribution is 5.95. The molecule has 0 aliphatic rings. The summed E-state index contributed by atoms with van der Waals surface area (Å²) in [5, 5.41) is 17.3. The average molecular weight is 245 g/mol. The van der Waals surface area contributed by atoms with E-state index in [4.69, 9.17) is 10.2 Å². The highest BCUT2D eigenvalue weighted by Gasteiger charge is 2.31. The number of nitrogens with zero attached hydrogens (tertiary/aromatic N) is 2. The van der Waals surface area contributed by atoms with Crippen molar-refractivity contribution in [3.63, 3.8) is 0 Å². The standard InChI is InChI=1S/C7H7N3O7/c1-9-5(15)8-6(16)10(7(9)17)2(3(11)12)4(13)14/h2H,1H3,(H,11,12)(H,13,14)(H,8,15,16). The Morgan fingerprint density at radius 2 is 1.59 bits per heavy atom. The molecule has 0 aromatic carbocycles. The molecule has 0 bridgehead atoms. The molecule has 10 nitrogen and oxygen atoms in total. The van der Waals surface area contributed by atoms with Gasteiger partial charge >= 0.3 is 29.0 Å². The van der Waals surface area contributed by atoms with Crippen molar-refractivity contribution in [3.8, 4) is 0 Å². The monoisotopic (exact) mass is 245 g/mol. The lowest BCUT2D eigenvalue weighted by Crippen LogP contribution is -2.52. The Balaban J connectivity index is 3.73. The van der Waals surface area contributed by atoms with E-state index in [9.17, 15) is 24.0 Å². The van der Waals surface area contributed by atoms with Gasteiger partial charge in [0.25, 0.3) is 0 Å². The summed E-state index contributed by atoms with van der Waals surface area (Å²) in [5.41, 5.74) is -3.78. The van der Waals surface area contributed by atoms with Gasteiger partial charge in [0.05, 0.1) is 0 Å². The van der Waals surface area contributed by atoms with E-state index in [-0.39, 0.29) is 4.57 Å². The van der Waals surface area contributed by atoms with Crippen molar-refractivity contribution in [2.75, 3.05) is 0 Å². The third-order valence-corrected chi connectivity index (χ3v) is 1.96. The van der Waals surface area contributed by atoms with Crippen molar-refractivity contribution >= 4 is 11.9 Å². The Morgan fingerprint density at radius 3 is 2.00 bits per heavy atom. The Kier molecular flexibility index (Phi) is 2.98. The summed E-state index contributed by atoms with van der Waals surface area (Å²) < 4.78 is 0.326. The quantitative estimate of drug-likeness (QED) is 0.478. The molecular formula is C7H7N3O7. The summed E-state index contributed by atoms with van der Waals surface area (Å²) in [6, 6.07) is -2.39. The summed E-state index contributed by atoms with van der Waals surface area (Å²) in [5.74, 6) is -3.80. The molecule has 17 heavy (non-hydrogen) atoms. The first-order chi connectivity index (χ1) is 7.77. The molecule has 1 heterocycles. The van der Waals surface area contributed by atoms with Crippen LogP contribution in [-0.2, 0) is 16.6 Å². The number of rotatable bonds is 3. The number of carboxylic acids is 2. The average Bonchev–Trinajstić information content (AvgIpc) is 2.19. The van der Waals surface area contributed by atoms with Crippen LogP contribution < -0.4 is 17.1 Å². The first-order valence-electron chi connectivity index (χ1n) is 4.15. The molecule has 0 fully saturated rings. The van der Waals surface area contributed by atoms with Crippen molar-refractivity contribution in [3.05, 3.63) is 31.5 Å². The van der Waals surface area contributed by atoms with Gasteiger partial charge in [0.15, 0.2) is 0 Å². The van der Waals surface area contributed by atoms with E-state index in [0.717, 1.165) is 7.05 Å². The fourth-order valence-electron chi connectivity index (χ4n) is 1.13. The van der Waals surface area contributed by atoms with Gasteiger partial charge in [-0.05, 0) is 0 Å². The minimum Gasteiger partial charge on any atom is -0.479 e. The zero-order chi connectivity index (χ0) is 13.3. The maximum Gasteiger partial charge on any atom is 0.338 e. The predicted octanol–water partition coefficient (Wildman–Crippen LogP) is -3.05. The number of carboxylic acid groups (broad SMARTS) is 2. The van der Waals surface area contributed by atoms with E-state index in [1.807, 2.05) is 0 Å². The van der Waals surface area contributed by atoms with Crippen LogP contribution in [0.15, 0.2) is 14.4 Å². The fraction of sp³-hybridized carbons (Fsp3) is 0.286. The summed E-state index contributed by atoms with van der Waals surface area (Å²) in [7, 11) is 0.970. The maximum absolute atomic E-state index is 11.4. The van der Waals surface area contributed by atoms with Gasteiger partial charge in [0.2, 0.25) is 6.04 Å². The van der Waals surface area contributed by atoms with Crippen molar-refractivity contribution in [2.24, 2.45) is 7.05 Å². The minimum absolute atomic E-state index is 0.0634. The van der Waals surface area contributed by atoms with Crippen LogP contribution in [0.2, 0.25) is 0 Å². The Hall–Kier alpha value is -2.65. The maximum atomic E-state index is 11.4. The number of aliphatic carboxylic acids is 2. The zero-order valence-electron chi connectivity index (χ0n) is 8.41. The van der Waals surface area contributed by atoms with Gasteiger partial charge in [-0.1, -0.05) is 0 Å². The molecule has 0 aliphatic heterocycles. The molecule has 3 N–H and O–H groups in total. The first-order valence-corrected chi connectivity index (χ1v) is 4.15. The van der Waals surface area contributed by atoms with Gasteiger partial charge in [-0.3, -0.25) is 4.98 Å². The van der Waals surface area contributed by atoms with Gasteiger partial charge in [-0.2, -0.15) is 0 Å². The van der Waals surface area contributed by atoms with E-state index >= 15 is 0 Å². The van der Waals surface area contributed by atoms with Crippen molar-refractivity contribution in [1.82, 2.24) is 14.1 Å². The number of aromatic amines is 1. The number of carbonyl (C=O) groups is 2. The number of nitrogens with one attached hydrogen (secondary N) is 1. The molecule has 92 valence electrons. The minimum atomic E-state index is -2.39. The number of hydrogen-bond donors (Lipinski definition) is 3. The Labute approximate surface area is 91.4 Å². The SMILES string of the molecule is Cn1c(=O)[nH]c(=O)n(C(C(=O)O)C(=O)O)c1=O. The highest BCUT2D eigenvalue weighted by atomic mass is 16.4. The summed E-state index contributed by atoms with van der Waals surface area (Å²) >= 11 is 0. The molecule has 0 radical (unpaired) electrons. The van der Waals surface area contributed by atoms with Crippen LogP contribution in [0.4, 0.5) is 0 Å². The highest BCUT2D eigenvalue weighted by Crippen LogP contribution is 1.99. The van der Waals surface area contributed by atoms with E-state index in [0.29, 0.717) is 4.57 Å². The summed E-state index contributed by atoms with van der Waals surface area (Å²) in [6.45, 7) is 0. The second-order valence-electron chi connectivity index (χ2n) is 3.03. The normalized spacial score (nSPS) is 10.5. The molecular weight excluding hydrogens is 238 g/mol. The summed E-state index contributed by atoms with van der Waals surface area (Å²) in [6.07, 6.45) is 0. The van der Waals surface area contributed by atoms with Crippen LogP contribution in [-0.4, -0.2) is 36.3 Å². The molecule has 1 aromatic rings. The van der Waals surface area contributed by atoms with E-state index < -0.39 is 35.0 Å². The fourth-order valence-corrected chi connectivity index (χ4v) is 1.13. The van der Waals surface area contributed by atoms with E-state index in [1.54, 1.807) is 4.98 Å². The van der Waals surface area contributed by atoms with E-state index in [2.05, 4.69) is 0 Å². The van der Waals surface area contributed by atoms with E-state index in [1.165, 1.54) is 0 Å². The van der Waals surface area contributed by atoms with Crippen LogP contribution in [0.25, 0.3) is 0 Å². The first kappa shape index (κ1) is 12.4. The number of aromatic nitrogens is 3. The Morgan fingerprint density at radius 1 is 1.12 bits per heavy atom. The molecule has 0 spiro atoms. The molecule has 0 atom stereocenters. The molecule has 0 aliphatic carbocycles. The molecule has 0 unspecified atom stereocenters. The number of H-pyrrole nitrogens is 1. The molecule has 10 heteroatoms. The van der Waals surface area contributed by atoms with Crippen molar-refractivity contribution in [2.45, 2.75) is 6.04 Å². The third-order valence-electron chi connectivity index (χ3n) is 1.96. The van der Waals surface area contributed by atoms with Crippen LogP contribution in [0, 0.1) is 0 Å². The molecule has 1 aromatic heterocycles. The Bertz CT molecular complexity index is 635. The second kappa shape index (κ2) is 4.08. The van der Waals surface area contributed by atoms with Crippen LogP contribution in [0.3, 0.4) is 0 Å². The smallest absolute Gasteiger partial charge is 0.338 e. The lowest BCUT2D eigenvalue weighted by Gasteiger charge is -2.09. The molecule has 0 amide bonds. The van der Waals surface area contributed by atoms with Gasteiger partial charge in [-0.15, -0.1) is 0 Å². The zero-order valence-corrected chi connectivity index (χ0v) is 8.41. The molecule has 0 saturated carbocycles. The van der Waals surface area contributed by atoms with Crippen LogP contribution >= 0.6 is 0 Å². The van der Waals surface area contributed by atoms with Gasteiger partial charge in [0, 0.05) is 7.05 Å². The lowest BCUT2D eigenvalue weighted by atomic mass is 10.3. The number of hydrogen-bond acceptors (Lipinski definition) is 5. The van der Waals surface area contributed by atoms with Crippen LogP contribution in [0.5, 0.6) is 0 Å². The lowest BCUT2D eigenvalue weighted by molar-refractivity contribution is -0.153. The molecule has 0 saturated heterocycles. The van der Waals surface area contributed by atoms with Gasteiger partial charge in [-0.25, -0.2) is 33.1 Å². The third kappa shape index (κ3) is 2.00. The van der Waals surface area contributed by atoms with Crippen molar-refractivity contribution in [1.29, 1.82) is 0 Å². The topological polar surface area (TPSA) is 151 Å². The second-order valence-corrected chi connectivity index (χ2v) is 3.03. The van der Waals surface area contributed by atoms with Crippen molar-refractivity contribution < 1.29 is 19.8 Å².